The number of nitrogens with zero attached hydrogens (tertiary/aromatic N) is 3. The number of halogens is 5. The van der Waals surface area contributed by atoms with Crippen LogP contribution in [0.3, 0.4) is 0 Å². The van der Waals surface area contributed by atoms with E-state index >= 15 is 0 Å². The van der Waals surface area contributed by atoms with Crippen molar-refractivity contribution in [3.8, 4) is 5.75 Å². The summed E-state index contributed by atoms with van der Waals surface area (Å²) in [6.07, 6.45) is -5.03. The van der Waals surface area contributed by atoms with Gasteiger partial charge in [-0.1, -0.05) is 11.3 Å². The summed E-state index contributed by atoms with van der Waals surface area (Å²) < 4.78 is 73.5. The molecular weight excluding hydrogens is 385 g/mol. The average Bonchev–Trinajstić information content (AvgIpc) is 3.08. The molecule has 0 saturated heterocycles. The van der Waals surface area contributed by atoms with Crippen molar-refractivity contribution in [1.29, 1.82) is 0 Å². The Hall–Kier alpha value is -3.30. The number of rotatable bonds is 5. The second-order valence-electron chi connectivity index (χ2n) is 5.70. The molecule has 0 atom stereocenters. The molecular formula is C18H12F5N3O2. The minimum Gasteiger partial charge on any atom is -0.497 e. The number of ether oxygens (including phenoxy) is 1. The monoisotopic (exact) mass is 397 g/mol. The van der Waals surface area contributed by atoms with Crippen molar-refractivity contribution < 1.29 is 31.5 Å². The van der Waals surface area contributed by atoms with E-state index in [0.29, 0.717) is 5.75 Å². The molecule has 0 aliphatic heterocycles. The molecule has 5 nitrogen and oxygen atoms in total. The molecule has 0 fully saturated rings. The number of ketones is 1. The number of alkyl halides is 3. The van der Waals surface area contributed by atoms with Crippen LogP contribution in [0.4, 0.5) is 22.0 Å². The predicted molar refractivity (Wildman–Crippen MR) is 86.9 cm³/mol. The molecule has 0 bridgehead atoms. The molecule has 0 radical (unpaired) electrons. The van der Waals surface area contributed by atoms with E-state index in [4.69, 9.17) is 4.74 Å². The van der Waals surface area contributed by atoms with E-state index in [9.17, 15) is 26.7 Å². The highest BCUT2D eigenvalue weighted by Crippen LogP contribution is 2.33. The van der Waals surface area contributed by atoms with Crippen LogP contribution >= 0.6 is 0 Å². The second kappa shape index (κ2) is 7.37. The molecule has 1 aromatic heterocycles. The molecule has 1 heterocycles. The van der Waals surface area contributed by atoms with Gasteiger partial charge in [0, 0.05) is 11.1 Å². The van der Waals surface area contributed by atoms with Crippen LogP contribution in [0.5, 0.6) is 5.75 Å². The third-order valence-corrected chi connectivity index (χ3v) is 3.94. The second-order valence-corrected chi connectivity index (χ2v) is 5.70. The lowest BCUT2D eigenvalue weighted by Crippen LogP contribution is -2.20. The van der Waals surface area contributed by atoms with E-state index in [-0.39, 0.29) is 10.2 Å². The molecule has 0 aliphatic rings. The van der Waals surface area contributed by atoms with E-state index in [1.54, 1.807) is 0 Å². The van der Waals surface area contributed by atoms with E-state index in [0.717, 1.165) is 18.2 Å². The number of benzene rings is 2. The van der Waals surface area contributed by atoms with Gasteiger partial charge in [-0.05, 0) is 36.4 Å². The molecule has 0 unspecified atom stereocenters. The third kappa shape index (κ3) is 3.71. The molecule has 3 rings (SSSR count). The largest absolute Gasteiger partial charge is 0.497 e. The Bertz CT molecular complexity index is 993. The first-order valence-corrected chi connectivity index (χ1v) is 7.84. The lowest BCUT2D eigenvalue weighted by molar-refractivity contribution is -0.144. The third-order valence-electron chi connectivity index (χ3n) is 3.94. The number of carbonyl (C=O) groups is 1. The predicted octanol–water partition coefficient (Wildman–Crippen LogP) is 3.86. The Morgan fingerprint density at radius 1 is 1.07 bits per heavy atom. The van der Waals surface area contributed by atoms with E-state index < -0.39 is 47.1 Å². The van der Waals surface area contributed by atoms with Crippen molar-refractivity contribution in [1.82, 2.24) is 15.0 Å². The molecule has 2 aromatic carbocycles. The zero-order chi connectivity index (χ0) is 20.5. The fraction of sp³-hybridized carbons (Fsp3) is 0.167. The first-order chi connectivity index (χ1) is 13.2. The van der Waals surface area contributed by atoms with Crippen molar-refractivity contribution in [2.75, 3.05) is 7.11 Å². The van der Waals surface area contributed by atoms with Crippen LogP contribution in [0.25, 0.3) is 0 Å². The van der Waals surface area contributed by atoms with Gasteiger partial charge in [0.2, 0.25) is 5.78 Å². The number of aromatic nitrogens is 3. The summed E-state index contributed by atoms with van der Waals surface area (Å²) in [4.78, 5) is 12.5. The van der Waals surface area contributed by atoms with Crippen LogP contribution in [0.15, 0.2) is 42.5 Å². The van der Waals surface area contributed by atoms with Gasteiger partial charge in [0.1, 0.15) is 17.4 Å². The van der Waals surface area contributed by atoms with Crippen LogP contribution in [0.1, 0.15) is 27.3 Å². The van der Waals surface area contributed by atoms with Gasteiger partial charge in [-0.2, -0.15) is 13.2 Å². The van der Waals surface area contributed by atoms with Crippen LogP contribution in [-0.2, 0) is 12.7 Å². The van der Waals surface area contributed by atoms with Crippen molar-refractivity contribution in [3.05, 3.63) is 76.6 Å². The Balaban J connectivity index is 2.04. The minimum absolute atomic E-state index is 0.0737. The summed E-state index contributed by atoms with van der Waals surface area (Å²) in [5, 5.41) is 6.63. The van der Waals surface area contributed by atoms with Crippen LogP contribution in [0, 0.1) is 11.6 Å². The summed E-state index contributed by atoms with van der Waals surface area (Å²) in [6, 6.07) is 8.25. The maximum atomic E-state index is 13.8. The van der Waals surface area contributed by atoms with Crippen molar-refractivity contribution in [2.45, 2.75) is 12.7 Å². The molecule has 0 spiro atoms. The Morgan fingerprint density at radius 2 is 1.68 bits per heavy atom. The quantitative estimate of drug-likeness (QED) is 0.485. The van der Waals surface area contributed by atoms with E-state index in [2.05, 4.69) is 10.3 Å². The number of hydrogen-bond acceptors (Lipinski definition) is 4. The summed E-state index contributed by atoms with van der Waals surface area (Å²) >= 11 is 0. The van der Waals surface area contributed by atoms with Gasteiger partial charge >= 0.3 is 6.18 Å². The highest BCUT2D eigenvalue weighted by atomic mass is 19.4. The Kier molecular flexibility index (Phi) is 5.12. The van der Waals surface area contributed by atoms with Gasteiger partial charge in [0.15, 0.2) is 11.4 Å². The van der Waals surface area contributed by atoms with Gasteiger partial charge in [0.25, 0.3) is 0 Å². The summed E-state index contributed by atoms with van der Waals surface area (Å²) in [7, 11) is 1.39. The minimum atomic E-state index is -5.03. The van der Waals surface area contributed by atoms with Gasteiger partial charge in [0.05, 0.1) is 13.7 Å². The molecule has 0 saturated carbocycles. The molecule has 3 aromatic rings. The fourth-order valence-electron chi connectivity index (χ4n) is 2.57. The van der Waals surface area contributed by atoms with Crippen LogP contribution in [-0.4, -0.2) is 27.9 Å². The van der Waals surface area contributed by atoms with Crippen molar-refractivity contribution in [3.63, 3.8) is 0 Å². The summed E-state index contributed by atoms with van der Waals surface area (Å²) in [5.41, 5.74) is -3.15. The summed E-state index contributed by atoms with van der Waals surface area (Å²) in [6.45, 7) is -0.879. The first-order valence-electron chi connectivity index (χ1n) is 7.84. The Labute approximate surface area is 155 Å². The molecule has 28 heavy (non-hydrogen) atoms. The topological polar surface area (TPSA) is 57.0 Å². The smallest absolute Gasteiger partial charge is 0.435 e. The highest BCUT2D eigenvalue weighted by Gasteiger charge is 2.41. The number of hydrogen-bond donors (Lipinski definition) is 0. The van der Waals surface area contributed by atoms with Crippen LogP contribution in [0.2, 0.25) is 0 Å². The van der Waals surface area contributed by atoms with Gasteiger partial charge in [-0.15, -0.1) is 5.10 Å². The number of methoxy groups -OCH3 is 1. The zero-order valence-electron chi connectivity index (χ0n) is 14.3. The first kappa shape index (κ1) is 19.5. The van der Waals surface area contributed by atoms with Crippen molar-refractivity contribution in [2.24, 2.45) is 0 Å². The molecule has 146 valence electrons. The van der Waals surface area contributed by atoms with Crippen LogP contribution < -0.4 is 4.74 Å². The normalized spacial score (nSPS) is 11.5. The molecule has 0 N–H and O–H groups in total. The lowest BCUT2D eigenvalue weighted by Gasteiger charge is -2.12. The van der Waals surface area contributed by atoms with Gasteiger partial charge < -0.3 is 4.74 Å². The highest BCUT2D eigenvalue weighted by molar-refractivity contribution is 6.08. The SMILES string of the molecule is COc1ccc(C(=O)c2nnn(Cc3c(F)cccc3F)c2C(F)(F)F)cc1. The molecule has 10 heteroatoms. The fourth-order valence-corrected chi connectivity index (χ4v) is 2.57. The zero-order valence-corrected chi connectivity index (χ0v) is 14.3. The summed E-state index contributed by atoms with van der Waals surface area (Å²) in [5.74, 6) is -2.69. The maximum absolute atomic E-state index is 13.8. The Morgan fingerprint density at radius 3 is 2.21 bits per heavy atom. The van der Waals surface area contributed by atoms with Gasteiger partial charge in [-0.3, -0.25) is 4.79 Å². The maximum Gasteiger partial charge on any atom is 0.435 e. The average molecular weight is 397 g/mol. The van der Waals surface area contributed by atoms with E-state index in [1.807, 2.05) is 0 Å². The van der Waals surface area contributed by atoms with Gasteiger partial charge in [-0.25, -0.2) is 13.5 Å². The molecule has 0 aliphatic carbocycles. The number of carbonyl (C=O) groups excluding carboxylic acids is 1. The van der Waals surface area contributed by atoms with Crippen molar-refractivity contribution >= 4 is 5.78 Å². The molecule has 0 amide bonds. The van der Waals surface area contributed by atoms with E-state index in [1.165, 1.54) is 31.4 Å². The lowest BCUT2D eigenvalue weighted by atomic mass is 10.1. The standard InChI is InChI=1S/C18H12F5N3O2/c1-28-11-7-5-10(6-8-11)16(27)15-17(18(21,22)23)26(25-24-15)9-12-13(19)3-2-4-14(12)20/h2-8H,9H2,1H3.